The van der Waals surface area contributed by atoms with Crippen molar-refractivity contribution in [2.75, 3.05) is 4.90 Å². The normalized spacial score (nSPS) is 18.0. The maximum absolute atomic E-state index is 13.3. The lowest BCUT2D eigenvalue weighted by atomic mass is 9.88. The summed E-state index contributed by atoms with van der Waals surface area (Å²) in [6.07, 6.45) is 2.58. The van der Waals surface area contributed by atoms with Crippen LogP contribution in [0.1, 0.15) is 27.9 Å². The molecule has 1 aliphatic heterocycles. The summed E-state index contributed by atoms with van der Waals surface area (Å²) in [6, 6.07) is 15.1. The van der Waals surface area contributed by atoms with Crippen LogP contribution in [-0.4, -0.2) is 21.8 Å². The van der Waals surface area contributed by atoms with Crippen LogP contribution >= 0.6 is 23.2 Å². The fourth-order valence-corrected chi connectivity index (χ4v) is 3.89. The van der Waals surface area contributed by atoms with E-state index in [4.69, 9.17) is 23.2 Å². The van der Waals surface area contributed by atoms with E-state index in [0.717, 1.165) is 5.56 Å². The van der Waals surface area contributed by atoms with Crippen molar-refractivity contribution in [3.63, 3.8) is 0 Å². The number of pyridine rings is 1. The van der Waals surface area contributed by atoms with Crippen LogP contribution in [0.5, 0.6) is 0 Å². The van der Waals surface area contributed by atoms with Crippen molar-refractivity contribution in [1.29, 1.82) is 0 Å². The molecule has 0 spiro atoms. The van der Waals surface area contributed by atoms with Gasteiger partial charge in [0.2, 0.25) is 0 Å². The van der Waals surface area contributed by atoms with Gasteiger partial charge in [-0.2, -0.15) is 0 Å². The third-order valence-corrected chi connectivity index (χ3v) is 5.60. The van der Waals surface area contributed by atoms with Crippen LogP contribution < -0.4 is 4.90 Å². The topological polar surface area (TPSA) is 70.5 Å². The van der Waals surface area contributed by atoms with Gasteiger partial charge in [-0.25, -0.2) is 0 Å². The predicted octanol–water partition coefficient (Wildman–Crippen LogP) is 4.40. The number of benzene rings is 2. The van der Waals surface area contributed by atoms with E-state index < -0.39 is 17.9 Å². The third-order valence-electron chi connectivity index (χ3n) is 5.00. The number of carbonyl (C=O) groups is 2. The second-order valence-corrected chi connectivity index (χ2v) is 7.68. The standard InChI is InChI=1S/C22H16Cl2N2O3/c23-16-5-6-19-17(11-16)22(29,12-20(27)14-7-9-25-10-8-14)21(28)26(19)13-15-3-1-2-4-18(15)24/h1-11,29H,12-13H2/t22-/m1/s1. The van der Waals surface area contributed by atoms with E-state index in [1.54, 1.807) is 36.4 Å². The molecule has 0 aliphatic carbocycles. The molecule has 0 unspecified atom stereocenters. The van der Waals surface area contributed by atoms with E-state index in [9.17, 15) is 14.7 Å². The van der Waals surface area contributed by atoms with Crippen LogP contribution in [0.25, 0.3) is 0 Å². The van der Waals surface area contributed by atoms with E-state index in [2.05, 4.69) is 4.98 Å². The number of Topliss-reactive ketones (excluding diaryl/α,β-unsaturated/α-hetero) is 1. The Morgan fingerprint density at radius 3 is 2.52 bits per heavy atom. The number of hydrogen-bond acceptors (Lipinski definition) is 4. The van der Waals surface area contributed by atoms with Crippen molar-refractivity contribution < 1.29 is 14.7 Å². The van der Waals surface area contributed by atoms with Crippen LogP contribution in [0.4, 0.5) is 5.69 Å². The summed E-state index contributed by atoms with van der Waals surface area (Å²) < 4.78 is 0. The Kier molecular flexibility index (Phi) is 5.13. The highest BCUT2D eigenvalue weighted by atomic mass is 35.5. The number of fused-ring (bicyclic) bond motifs is 1. The molecular weight excluding hydrogens is 411 g/mol. The molecule has 146 valence electrons. The number of nitrogens with zero attached hydrogens (tertiary/aromatic N) is 2. The summed E-state index contributed by atoms with van der Waals surface area (Å²) in [4.78, 5) is 31.4. The molecule has 0 radical (unpaired) electrons. The van der Waals surface area contributed by atoms with Crippen molar-refractivity contribution in [2.45, 2.75) is 18.6 Å². The number of carbonyl (C=O) groups excluding carboxylic acids is 2. The summed E-state index contributed by atoms with van der Waals surface area (Å²) in [7, 11) is 0. The van der Waals surface area contributed by atoms with Crippen LogP contribution in [0.2, 0.25) is 10.0 Å². The van der Waals surface area contributed by atoms with Crippen LogP contribution in [-0.2, 0) is 16.9 Å². The number of rotatable bonds is 5. The smallest absolute Gasteiger partial charge is 0.264 e. The average Bonchev–Trinajstić information content (AvgIpc) is 2.92. The molecule has 2 heterocycles. The minimum Gasteiger partial charge on any atom is -0.375 e. The minimum atomic E-state index is -2.01. The van der Waals surface area contributed by atoms with Crippen LogP contribution in [0, 0.1) is 0 Å². The first-order chi connectivity index (χ1) is 13.9. The van der Waals surface area contributed by atoms with Crippen molar-refractivity contribution in [1.82, 2.24) is 4.98 Å². The molecule has 3 aromatic rings. The molecule has 0 saturated heterocycles. The van der Waals surface area contributed by atoms with Gasteiger partial charge in [0.15, 0.2) is 11.4 Å². The number of ketones is 1. The monoisotopic (exact) mass is 426 g/mol. The first-order valence-electron chi connectivity index (χ1n) is 8.91. The SMILES string of the molecule is O=C(C[C@]1(O)C(=O)N(Cc2ccccc2Cl)c2ccc(Cl)cc21)c1ccncc1. The second-order valence-electron chi connectivity index (χ2n) is 6.84. The van der Waals surface area contributed by atoms with E-state index in [0.29, 0.717) is 26.9 Å². The van der Waals surface area contributed by atoms with Gasteiger partial charge < -0.3 is 10.0 Å². The third kappa shape index (κ3) is 3.53. The van der Waals surface area contributed by atoms with Crippen molar-refractivity contribution in [3.05, 3.63) is 93.7 Å². The molecule has 1 aromatic heterocycles. The molecule has 0 bridgehead atoms. The van der Waals surface area contributed by atoms with Gasteiger partial charge in [0.25, 0.3) is 5.91 Å². The summed E-state index contributed by atoms with van der Waals surface area (Å²) in [5.74, 6) is -0.953. The Morgan fingerprint density at radius 2 is 1.79 bits per heavy atom. The second kappa shape index (κ2) is 7.59. The zero-order chi connectivity index (χ0) is 20.6. The Bertz CT molecular complexity index is 1100. The number of aliphatic hydroxyl groups is 1. The number of anilines is 1. The average molecular weight is 427 g/mol. The largest absolute Gasteiger partial charge is 0.375 e. The lowest BCUT2D eigenvalue weighted by molar-refractivity contribution is -0.136. The highest BCUT2D eigenvalue weighted by Gasteiger charge is 2.51. The molecule has 0 saturated carbocycles. The van der Waals surface area contributed by atoms with Crippen molar-refractivity contribution >= 4 is 40.6 Å². The lowest BCUT2D eigenvalue weighted by Gasteiger charge is -2.23. The first kappa shape index (κ1) is 19.6. The summed E-state index contributed by atoms with van der Waals surface area (Å²) in [5, 5.41) is 12.2. The van der Waals surface area contributed by atoms with Crippen LogP contribution in [0.15, 0.2) is 67.0 Å². The number of hydrogen-bond donors (Lipinski definition) is 1. The van der Waals surface area contributed by atoms with Crippen molar-refractivity contribution in [3.8, 4) is 0 Å². The quantitative estimate of drug-likeness (QED) is 0.613. The molecule has 1 aliphatic rings. The fourth-order valence-electron chi connectivity index (χ4n) is 3.52. The van der Waals surface area contributed by atoms with Gasteiger partial charge in [-0.3, -0.25) is 14.6 Å². The fraction of sp³-hybridized carbons (Fsp3) is 0.136. The zero-order valence-electron chi connectivity index (χ0n) is 15.2. The van der Waals surface area contributed by atoms with Gasteiger partial charge in [-0.1, -0.05) is 41.4 Å². The number of aromatic nitrogens is 1. The van der Waals surface area contributed by atoms with Crippen molar-refractivity contribution in [2.24, 2.45) is 0 Å². The Labute approximate surface area is 177 Å². The Balaban J connectivity index is 1.73. The maximum Gasteiger partial charge on any atom is 0.264 e. The molecule has 29 heavy (non-hydrogen) atoms. The molecule has 2 aromatic carbocycles. The van der Waals surface area contributed by atoms with Crippen LogP contribution in [0.3, 0.4) is 0 Å². The number of halogens is 2. The van der Waals surface area contributed by atoms with Gasteiger partial charge >= 0.3 is 0 Å². The van der Waals surface area contributed by atoms with Gasteiger partial charge in [-0.05, 0) is 42.0 Å². The summed E-state index contributed by atoms with van der Waals surface area (Å²) >= 11 is 12.4. The maximum atomic E-state index is 13.3. The molecule has 5 nitrogen and oxygen atoms in total. The highest BCUT2D eigenvalue weighted by Crippen LogP contribution is 2.45. The minimum absolute atomic E-state index is 0.166. The van der Waals surface area contributed by atoms with E-state index >= 15 is 0 Å². The van der Waals surface area contributed by atoms with Gasteiger partial charge in [0, 0.05) is 33.6 Å². The molecule has 1 amide bonds. The molecular formula is C22H16Cl2N2O3. The van der Waals surface area contributed by atoms with Gasteiger partial charge in [-0.15, -0.1) is 0 Å². The van der Waals surface area contributed by atoms with Gasteiger partial charge in [0.1, 0.15) is 0 Å². The highest BCUT2D eigenvalue weighted by molar-refractivity contribution is 6.31. The van der Waals surface area contributed by atoms with E-state index in [1.165, 1.54) is 23.4 Å². The molecule has 4 rings (SSSR count). The lowest BCUT2D eigenvalue weighted by Crippen LogP contribution is -2.41. The summed E-state index contributed by atoms with van der Waals surface area (Å²) in [6.45, 7) is 0.166. The Hall–Kier alpha value is -2.73. The number of amides is 1. The van der Waals surface area contributed by atoms with Gasteiger partial charge in [0.05, 0.1) is 18.7 Å². The predicted molar refractivity (Wildman–Crippen MR) is 111 cm³/mol. The first-order valence-corrected chi connectivity index (χ1v) is 9.67. The summed E-state index contributed by atoms with van der Waals surface area (Å²) in [5.41, 5.74) is -0.0988. The molecule has 1 N–H and O–H groups in total. The van der Waals surface area contributed by atoms with E-state index in [-0.39, 0.29) is 12.3 Å². The molecule has 0 fully saturated rings. The Morgan fingerprint density at radius 1 is 1.07 bits per heavy atom. The molecule has 1 atom stereocenters. The van der Waals surface area contributed by atoms with E-state index in [1.807, 2.05) is 12.1 Å². The zero-order valence-corrected chi connectivity index (χ0v) is 16.7. The molecule has 7 heteroatoms.